The highest BCUT2D eigenvalue weighted by Crippen LogP contribution is 2.45. The topological polar surface area (TPSA) is 237 Å². The van der Waals surface area contributed by atoms with Gasteiger partial charge in [0.25, 0.3) is 0 Å². The summed E-state index contributed by atoms with van der Waals surface area (Å²) in [4.78, 5) is 73.3. The van der Waals surface area contributed by atoms with Crippen molar-refractivity contribution in [2.75, 3.05) is 39.6 Å². The number of carbonyl (C=O) groups excluding carboxylic acids is 4. The molecular weight excluding hydrogens is 1390 g/mol. The number of rotatable bonds is 88. The number of carbonyl (C=O) groups is 4. The Morgan fingerprint density at radius 2 is 0.449 bits per heavy atom. The third kappa shape index (κ3) is 80.5. The van der Waals surface area contributed by atoms with Crippen LogP contribution < -0.4 is 0 Å². The molecular formula is C88H172O17P2. The van der Waals surface area contributed by atoms with Crippen molar-refractivity contribution in [1.82, 2.24) is 0 Å². The van der Waals surface area contributed by atoms with Crippen LogP contribution in [0.4, 0.5) is 0 Å². The van der Waals surface area contributed by atoms with E-state index in [2.05, 4.69) is 34.6 Å². The van der Waals surface area contributed by atoms with Gasteiger partial charge in [-0.3, -0.25) is 37.3 Å². The van der Waals surface area contributed by atoms with Gasteiger partial charge in [-0.1, -0.05) is 426 Å². The Morgan fingerprint density at radius 1 is 0.262 bits per heavy atom. The molecule has 636 valence electrons. The number of aliphatic hydroxyl groups is 1. The van der Waals surface area contributed by atoms with Gasteiger partial charge in [0.1, 0.15) is 19.3 Å². The number of unbranched alkanes of at least 4 members (excludes halogenated alkanes) is 59. The smallest absolute Gasteiger partial charge is 0.462 e. The third-order valence-corrected chi connectivity index (χ3v) is 23.0. The maximum Gasteiger partial charge on any atom is 0.472 e. The molecule has 6 atom stereocenters. The second-order valence-corrected chi connectivity index (χ2v) is 34.8. The van der Waals surface area contributed by atoms with Gasteiger partial charge >= 0.3 is 39.5 Å². The zero-order valence-electron chi connectivity index (χ0n) is 70.3. The number of phosphoric ester groups is 2. The molecule has 0 aliphatic rings. The highest BCUT2D eigenvalue weighted by molar-refractivity contribution is 7.47. The fraction of sp³-hybridized carbons (Fsp3) is 0.955. The van der Waals surface area contributed by atoms with Gasteiger partial charge in [0.05, 0.1) is 26.4 Å². The van der Waals surface area contributed by atoms with Gasteiger partial charge in [-0.05, 0) is 31.6 Å². The first kappa shape index (κ1) is 105. The molecule has 0 aromatic heterocycles. The Balaban J connectivity index is 5.25. The fourth-order valence-electron chi connectivity index (χ4n) is 13.8. The standard InChI is InChI=1S/C88H172O17P2/c1-6-10-13-16-19-22-25-28-30-32-34-35-37-39-41-44-47-53-58-63-68-73-87(92)104-83(77-99-86(91)72-67-62-57-52-46-43-40-38-36-33-31-29-26-23-20-17-14-11-7-2)79-102-106(94,95)100-75-82(89)76-101-107(96,97)103-80-84(78-98-85(90)71-66-61-56-51-45-42-27-24-21-18-15-12-8-3)105-88(93)74-69-64-59-54-49-48-50-55-60-65-70-81(5)9-4/h81-84,89H,6-80H2,1-5H3,(H,94,95)(H,96,97)/t81?,82-,83-,84-/m1/s1. The Morgan fingerprint density at radius 3 is 0.664 bits per heavy atom. The molecule has 0 radical (unpaired) electrons. The van der Waals surface area contributed by atoms with Crippen LogP contribution in [0.5, 0.6) is 0 Å². The largest absolute Gasteiger partial charge is 0.472 e. The molecule has 0 aliphatic heterocycles. The van der Waals surface area contributed by atoms with Crippen LogP contribution in [0, 0.1) is 5.92 Å². The van der Waals surface area contributed by atoms with Crippen molar-refractivity contribution in [1.29, 1.82) is 0 Å². The van der Waals surface area contributed by atoms with Crippen LogP contribution in [0.25, 0.3) is 0 Å². The predicted octanol–water partition coefficient (Wildman–Crippen LogP) is 27.2. The van der Waals surface area contributed by atoms with E-state index in [0.29, 0.717) is 25.7 Å². The number of ether oxygens (including phenoxy) is 4. The van der Waals surface area contributed by atoms with E-state index in [1.807, 2.05) is 0 Å². The number of phosphoric acid groups is 2. The third-order valence-electron chi connectivity index (χ3n) is 21.1. The minimum Gasteiger partial charge on any atom is -0.462 e. The van der Waals surface area contributed by atoms with Gasteiger partial charge < -0.3 is 33.8 Å². The number of aliphatic hydroxyl groups excluding tert-OH is 1. The first-order valence-electron chi connectivity index (χ1n) is 45.7. The summed E-state index contributed by atoms with van der Waals surface area (Å²) < 4.78 is 69.0. The van der Waals surface area contributed by atoms with Crippen molar-refractivity contribution in [2.45, 2.75) is 496 Å². The summed E-state index contributed by atoms with van der Waals surface area (Å²) in [6.45, 7) is 7.40. The molecule has 0 rings (SSSR count). The molecule has 3 N–H and O–H groups in total. The van der Waals surface area contributed by atoms with Gasteiger partial charge in [0.2, 0.25) is 0 Å². The van der Waals surface area contributed by atoms with Crippen molar-refractivity contribution >= 4 is 39.5 Å². The van der Waals surface area contributed by atoms with E-state index in [1.54, 1.807) is 0 Å². The van der Waals surface area contributed by atoms with Crippen molar-refractivity contribution in [3.63, 3.8) is 0 Å². The Hall–Kier alpha value is -1.94. The second kappa shape index (κ2) is 80.7. The molecule has 0 aliphatic carbocycles. The van der Waals surface area contributed by atoms with Gasteiger partial charge in [-0.25, -0.2) is 9.13 Å². The Kier molecular flexibility index (Phi) is 79.2. The van der Waals surface area contributed by atoms with Crippen molar-refractivity contribution in [3.8, 4) is 0 Å². The van der Waals surface area contributed by atoms with Crippen LogP contribution in [0.3, 0.4) is 0 Å². The van der Waals surface area contributed by atoms with Crippen LogP contribution in [0.1, 0.15) is 478 Å². The molecule has 19 heteroatoms. The van der Waals surface area contributed by atoms with E-state index in [0.717, 1.165) is 95.8 Å². The van der Waals surface area contributed by atoms with Gasteiger partial charge in [-0.2, -0.15) is 0 Å². The average molecular weight is 1560 g/mol. The summed E-state index contributed by atoms with van der Waals surface area (Å²) >= 11 is 0. The molecule has 0 saturated heterocycles. The number of hydrogen-bond donors (Lipinski definition) is 3. The van der Waals surface area contributed by atoms with Crippen LogP contribution >= 0.6 is 15.6 Å². The summed E-state index contributed by atoms with van der Waals surface area (Å²) in [5, 5.41) is 10.7. The molecule has 17 nitrogen and oxygen atoms in total. The molecule has 0 aromatic carbocycles. The monoisotopic (exact) mass is 1560 g/mol. The summed E-state index contributed by atoms with van der Waals surface area (Å²) in [5.74, 6) is -1.29. The molecule has 0 fully saturated rings. The minimum atomic E-state index is -4.97. The fourth-order valence-corrected chi connectivity index (χ4v) is 15.4. The van der Waals surface area contributed by atoms with Crippen LogP contribution in [0.15, 0.2) is 0 Å². The van der Waals surface area contributed by atoms with E-state index >= 15 is 0 Å². The first-order valence-corrected chi connectivity index (χ1v) is 48.7. The van der Waals surface area contributed by atoms with Crippen LogP contribution in [0.2, 0.25) is 0 Å². The van der Waals surface area contributed by atoms with Crippen molar-refractivity contribution in [2.24, 2.45) is 5.92 Å². The summed E-state index contributed by atoms with van der Waals surface area (Å²) in [6.07, 6.45) is 74.9. The lowest BCUT2D eigenvalue weighted by molar-refractivity contribution is -0.161. The average Bonchev–Trinajstić information content (AvgIpc) is 0.902. The first-order chi connectivity index (χ1) is 52.1. The summed E-state index contributed by atoms with van der Waals surface area (Å²) in [6, 6.07) is 0. The van der Waals surface area contributed by atoms with Gasteiger partial charge in [-0.15, -0.1) is 0 Å². The molecule has 0 saturated carbocycles. The Labute approximate surface area is 658 Å². The van der Waals surface area contributed by atoms with Gasteiger partial charge in [0.15, 0.2) is 12.2 Å². The number of hydrogen-bond acceptors (Lipinski definition) is 15. The molecule has 0 amide bonds. The van der Waals surface area contributed by atoms with E-state index < -0.39 is 97.5 Å². The van der Waals surface area contributed by atoms with E-state index in [9.17, 15) is 43.2 Å². The van der Waals surface area contributed by atoms with E-state index in [-0.39, 0.29) is 25.7 Å². The highest BCUT2D eigenvalue weighted by atomic mass is 31.2. The molecule has 0 bridgehead atoms. The summed E-state index contributed by atoms with van der Waals surface area (Å²) in [5.41, 5.74) is 0. The quantitative estimate of drug-likeness (QED) is 0.0222. The maximum atomic E-state index is 13.2. The van der Waals surface area contributed by atoms with E-state index in [4.69, 9.17) is 37.0 Å². The highest BCUT2D eigenvalue weighted by Gasteiger charge is 2.30. The lowest BCUT2D eigenvalue weighted by Crippen LogP contribution is -2.30. The van der Waals surface area contributed by atoms with Crippen molar-refractivity contribution < 1.29 is 80.2 Å². The molecule has 0 heterocycles. The van der Waals surface area contributed by atoms with E-state index in [1.165, 1.54) is 302 Å². The lowest BCUT2D eigenvalue weighted by Gasteiger charge is -2.21. The molecule has 0 spiro atoms. The predicted molar refractivity (Wildman–Crippen MR) is 442 cm³/mol. The SMILES string of the molecule is CCCCCCCCCCCCCCCCCCCCCCCC(=O)O[C@H](COC(=O)CCCCCCCCCCCCCCCCCCCCC)COP(=O)(O)OC[C@@H](O)COP(=O)(O)OC[C@@H](COC(=O)CCCCCCCCCCCCCCC)OC(=O)CCCCCCCCCCCCC(C)CC. The normalized spacial score (nSPS) is 14.0. The molecule has 107 heavy (non-hydrogen) atoms. The zero-order valence-corrected chi connectivity index (χ0v) is 72.1. The molecule has 3 unspecified atom stereocenters. The number of esters is 4. The van der Waals surface area contributed by atoms with Crippen LogP contribution in [-0.4, -0.2) is 96.7 Å². The minimum absolute atomic E-state index is 0.107. The van der Waals surface area contributed by atoms with Crippen molar-refractivity contribution in [3.05, 3.63) is 0 Å². The Bertz CT molecular complexity index is 2030. The summed E-state index contributed by atoms with van der Waals surface area (Å²) in [7, 11) is -9.93. The second-order valence-electron chi connectivity index (χ2n) is 31.9. The zero-order chi connectivity index (χ0) is 78.3. The maximum absolute atomic E-state index is 13.2. The molecule has 0 aromatic rings. The van der Waals surface area contributed by atoms with Crippen LogP contribution in [-0.2, 0) is 65.4 Å². The van der Waals surface area contributed by atoms with Gasteiger partial charge in [0, 0.05) is 25.7 Å². The lowest BCUT2D eigenvalue weighted by atomic mass is 9.99.